The molecule has 0 aliphatic carbocycles. The third kappa shape index (κ3) is 5.32. The summed E-state index contributed by atoms with van der Waals surface area (Å²) in [5, 5.41) is 8.85. The number of hydrogen-bond donors (Lipinski definition) is 1. The van der Waals surface area contributed by atoms with Crippen molar-refractivity contribution >= 4 is 69.6 Å². The molecule has 0 saturated heterocycles. The minimum absolute atomic E-state index is 0.0963. The van der Waals surface area contributed by atoms with Crippen LogP contribution < -0.4 is 0 Å². The fraction of sp³-hybridized carbons (Fsp3) is 0.500. The summed E-state index contributed by atoms with van der Waals surface area (Å²) in [6.07, 6.45) is 1.91. The summed E-state index contributed by atoms with van der Waals surface area (Å²) in [6.45, 7) is 0.0963. The molecule has 0 saturated carbocycles. The summed E-state index contributed by atoms with van der Waals surface area (Å²) in [6, 6.07) is 5.08. The van der Waals surface area contributed by atoms with Crippen molar-refractivity contribution < 1.29 is 5.11 Å². The predicted octanol–water partition coefficient (Wildman–Crippen LogP) is 5.66. The van der Waals surface area contributed by atoms with Gasteiger partial charge in [-0.15, -0.1) is 0 Å². The monoisotopic (exact) mass is 382 g/mol. The molecule has 1 aromatic carbocycles. The fourth-order valence-corrected chi connectivity index (χ4v) is 2.86. The Bertz CT molecular complexity index is 389. The second-order valence-electron chi connectivity index (χ2n) is 4.01. The summed E-state index contributed by atoms with van der Waals surface area (Å²) in [7, 11) is 0. The molecule has 0 bridgehead atoms. The molecule has 0 aliphatic heterocycles. The van der Waals surface area contributed by atoms with Gasteiger partial charge in [0.25, 0.3) is 0 Å². The summed E-state index contributed by atoms with van der Waals surface area (Å²) in [4.78, 5) is 0. The summed E-state index contributed by atoms with van der Waals surface area (Å²) >= 11 is 35.7. The SMILES string of the molecule is OCCCCc1c(C(Cl)(Cl)Cl)cccc1C(Cl)(Cl)Cl. The quantitative estimate of drug-likeness (QED) is 0.525. The van der Waals surface area contributed by atoms with Crippen molar-refractivity contribution in [2.24, 2.45) is 0 Å². The summed E-state index contributed by atoms with van der Waals surface area (Å²) in [5.74, 6) is 0. The van der Waals surface area contributed by atoms with Gasteiger partial charge in [0.05, 0.1) is 0 Å². The van der Waals surface area contributed by atoms with Crippen LogP contribution in [0.1, 0.15) is 29.5 Å². The Balaban J connectivity index is 3.25. The van der Waals surface area contributed by atoms with Gasteiger partial charge < -0.3 is 5.11 Å². The standard InChI is InChI=1S/C12H12Cl6O/c13-11(14,15)9-5-3-6-10(12(16,17)18)8(9)4-1-2-7-19/h3,5-6,19H,1-2,4,7H2. The van der Waals surface area contributed by atoms with Crippen molar-refractivity contribution in [2.75, 3.05) is 6.61 Å². The highest BCUT2D eigenvalue weighted by molar-refractivity contribution is 6.67. The van der Waals surface area contributed by atoms with Gasteiger partial charge in [-0.25, -0.2) is 0 Å². The molecular weight excluding hydrogens is 373 g/mol. The second kappa shape index (κ2) is 7.26. The van der Waals surface area contributed by atoms with Gasteiger partial charge in [-0.05, 0) is 24.8 Å². The zero-order valence-electron chi connectivity index (χ0n) is 9.78. The van der Waals surface area contributed by atoms with E-state index in [9.17, 15) is 0 Å². The molecular formula is C12H12Cl6O. The molecule has 1 rings (SSSR count). The van der Waals surface area contributed by atoms with Gasteiger partial charge in [0, 0.05) is 17.7 Å². The average Bonchev–Trinajstić information content (AvgIpc) is 2.26. The number of unbranched alkanes of at least 4 members (excludes halogenated alkanes) is 1. The maximum Gasteiger partial charge on any atom is 0.216 e. The second-order valence-corrected chi connectivity index (χ2v) is 8.57. The van der Waals surface area contributed by atoms with Crippen LogP contribution in [-0.4, -0.2) is 11.7 Å². The molecule has 0 heterocycles. The molecule has 0 aromatic heterocycles. The molecule has 0 radical (unpaired) electrons. The van der Waals surface area contributed by atoms with Crippen molar-refractivity contribution in [3.05, 3.63) is 34.9 Å². The zero-order valence-corrected chi connectivity index (χ0v) is 14.3. The minimum atomic E-state index is -1.58. The van der Waals surface area contributed by atoms with Crippen molar-refractivity contribution in [1.82, 2.24) is 0 Å². The van der Waals surface area contributed by atoms with Crippen molar-refractivity contribution in [2.45, 2.75) is 26.8 Å². The number of alkyl halides is 6. The van der Waals surface area contributed by atoms with Crippen LogP contribution >= 0.6 is 69.6 Å². The maximum atomic E-state index is 8.85. The van der Waals surface area contributed by atoms with E-state index < -0.39 is 7.59 Å². The molecule has 1 aromatic rings. The molecule has 7 heteroatoms. The molecule has 1 nitrogen and oxygen atoms in total. The van der Waals surface area contributed by atoms with Crippen LogP contribution in [0.4, 0.5) is 0 Å². The summed E-state index contributed by atoms with van der Waals surface area (Å²) < 4.78 is -3.17. The van der Waals surface area contributed by atoms with Crippen LogP contribution in [0.3, 0.4) is 0 Å². The van der Waals surface area contributed by atoms with E-state index in [1.165, 1.54) is 0 Å². The molecule has 0 aliphatic rings. The molecule has 0 spiro atoms. The Morgan fingerprint density at radius 2 is 1.32 bits per heavy atom. The van der Waals surface area contributed by atoms with Crippen molar-refractivity contribution in [1.29, 1.82) is 0 Å². The van der Waals surface area contributed by atoms with Crippen LogP contribution in [-0.2, 0) is 14.0 Å². The number of halogens is 6. The van der Waals surface area contributed by atoms with E-state index in [-0.39, 0.29) is 6.61 Å². The Hall–Kier alpha value is 0.920. The van der Waals surface area contributed by atoms with Gasteiger partial charge in [-0.3, -0.25) is 0 Å². The summed E-state index contributed by atoms with van der Waals surface area (Å²) in [5.41, 5.74) is 1.70. The lowest BCUT2D eigenvalue weighted by Gasteiger charge is -2.23. The molecule has 19 heavy (non-hydrogen) atoms. The number of rotatable bonds is 4. The highest BCUT2D eigenvalue weighted by Gasteiger charge is 2.32. The molecule has 0 fully saturated rings. The number of hydrogen-bond acceptors (Lipinski definition) is 1. The lowest BCUT2D eigenvalue weighted by atomic mass is 9.97. The van der Waals surface area contributed by atoms with Crippen molar-refractivity contribution in [3.8, 4) is 0 Å². The topological polar surface area (TPSA) is 20.2 Å². The van der Waals surface area contributed by atoms with Crippen LogP contribution in [0.25, 0.3) is 0 Å². The first kappa shape index (κ1) is 18.0. The van der Waals surface area contributed by atoms with E-state index in [0.29, 0.717) is 36.0 Å². The Morgan fingerprint density at radius 1 is 0.842 bits per heavy atom. The van der Waals surface area contributed by atoms with E-state index in [1.807, 2.05) is 0 Å². The first-order chi connectivity index (χ1) is 8.68. The highest BCUT2D eigenvalue weighted by Crippen LogP contribution is 2.46. The van der Waals surface area contributed by atoms with E-state index in [1.54, 1.807) is 18.2 Å². The predicted molar refractivity (Wildman–Crippen MR) is 84.9 cm³/mol. The van der Waals surface area contributed by atoms with E-state index in [0.717, 1.165) is 0 Å². The fourth-order valence-electron chi connectivity index (χ4n) is 1.80. The van der Waals surface area contributed by atoms with E-state index in [2.05, 4.69) is 0 Å². The smallest absolute Gasteiger partial charge is 0.216 e. The van der Waals surface area contributed by atoms with Gasteiger partial charge in [-0.1, -0.05) is 87.8 Å². The van der Waals surface area contributed by atoms with Crippen LogP contribution in [0.5, 0.6) is 0 Å². The van der Waals surface area contributed by atoms with Crippen LogP contribution in [0.2, 0.25) is 0 Å². The number of aliphatic hydroxyl groups excluding tert-OH is 1. The highest BCUT2D eigenvalue weighted by atomic mass is 35.6. The average molecular weight is 385 g/mol. The first-order valence-corrected chi connectivity index (χ1v) is 7.82. The van der Waals surface area contributed by atoms with Gasteiger partial charge in [0.15, 0.2) is 0 Å². The van der Waals surface area contributed by atoms with Crippen molar-refractivity contribution in [3.63, 3.8) is 0 Å². The normalized spacial score (nSPS) is 12.8. The van der Waals surface area contributed by atoms with Gasteiger partial charge in [0.1, 0.15) is 0 Å². The lowest BCUT2D eigenvalue weighted by molar-refractivity contribution is 0.284. The Morgan fingerprint density at radius 3 is 1.68 bits per heavy atom. The zero-order chi connectivity index (χ0) is 14.7. The molecule has 1 N–H and O–H groups in total. The minimum Gasteiger partial charge on any atom is -0.396 e. The molecule has 0 unspecified atom stereocenters. The van der Waals surface area contributed by atoms with E-state index >= 15 is 0 Å². The molecule has 0 amide bonds. The van der Waals surface area contributed by atoms with E-state index in [4.69, 9.17) is 74.7 Å². The van der Waals surface area contributed by atoms with Gasteiger partial charge in [-0.2, -0.15) is 0 Å². The van der Waals surface area contributed by atoms with Crippen LogP contribution in [0.15, 0.2) is 18.2 Å². The number of benzene rings is 1. The number of aliphatic hydroxyl groups is 1. The Kier molecular flexibility index (Phi) is 6.87. The molecule has 108 valence electrons. The third-order valence-electron chi connectivity index (χ3n) is 2.62. The van der Waals surface area contributed by atoms with Gasteiger partial charge >= 0.3 is 0 Å². The first-order valence-electron chi connectivity index (χ1n) is 5.55. The largest absolute Gasteiger partial charge is 0.396 e. The third-order valence-corrected chi connectivity index (χ3v) is 3.84. The van der Waals surface area contributed by atoms with Crippen LogP contribution in [0, 0.1) is 0 Å². The Labute approximate surface area is 142 Å². The van der Waals surface area contributed by atoms with Gasteiger partial charge in [0.2, 0.25) is 7.59 Å². The lowest BCUT2D eigenvalue weighted by Crippen LogP contribution is -2.13. The maximum absolute atomic E-state index is 8.85. The molecule has 0 atom stereocenters.